The van der Waals surface area contributed by atoms with Crippen LogP contribution in [0.3, 0.4) is 0 Å². The fourth-order valence-corrected chi connectivity index (χ4v) is 2.36. The lowest BCUT2D eigenvalue weighted by Crippen LogP contribution is -2.23. The zero-order chi connectivity index (χ0) is 14.6. The lowest BCUT2D eigenvalue weighted by Gasteiger charge is -2.27. The van der Waals surface area contributed by atoms with Gasteiger partial charge >= 0.3 is 5.97 Å². The average molecular weight is 266 g/mol. The lowest BCUT2D eigenvalue weighted by molar-refractivity contribution is -0.138. The molecule has 0 bridgehead atoms. The third-order valence-electron chi connectivity index (χ3n) is 3.31. The van der Waals surface area contributed by atoms with Crippen molar-refractivity contribution < 1.29 is 19.4 Å². The van der Waals surface area contributed by atoms with Gasteiger partial charge in [-0.2, -0.15) is 0 Å². The van der Waals surface area contributed by atoms with E-state index in [2.05, 4.69) is 0 Å². The lowest BCUT2D eigenvalue weighted by atomic mass is 9.78. The van der Waals surface area contributed by atoms with E-state index in [1.807, 2.05) is 32.9 Å². The standard InChI is InChI=1S/C15H22O4/c1-6-11-12(15(2,3)9-14(16)17)7-10(18-4)8-13(11)19-5/h7-8H,6,9H2,1-5H3,(H,16,17). The molecule has 0 amide bonds. The van der Waals surface area contributed by atoms with E-state index in [9.17, 15) is 4.79 Å². The highest BCUT2D eigenvalue weighted by Gasteiger charge is 2.28. The molecule has 19 heavy (non-hydrogen) atoms. The van der Waals surface area contributed by atoms with Crippen molar-refractivity contribution in [2.24, 2.45) is 0 Å². The minimum absolute atomic E-state index is 0.0658. The van der Waals surface area contributed by atoms with Crippen molar-refractivity contribution in [1.82, 2.24) is 0 Å². The summed E-state index contributed by atoms with van der Waals surface area (Å²) in [6.07, 6.45) is 0.849. The van der Waals surface area contributed by atoms with Crippen LogP contribution in [0.15, 0.2) is 12.1 Å². The molecule has 0 aliphatic heterocycles. The Hall–Kier alpha value is -1.71. The van der Waals surface area contributed by atoms with Gasteiger partial charge in [-0.3, -0.25) is 4.79 Å². The predicted octanol–water partition coefficient (Wildman–Crippen LogP) is 3.02. The van der Waals surface area contributed by atoms with Gasteiger partial charge in [-0.1, -0.05) is 20.8 Å². The molecule has 1 rings (SSSR count). The van der Waals surface area contributed by atoms with Crippen LogP contribution in [0.2, 0.25) is 0 Å². The molecule has 1 N–H and O–H groups in total. The van der Waals surface area contributed by atoms with Crippen LogP contribution in [0, 0.1) is 0 Å². The van der Waals surface area contributed by atoms with Crippen LogP contribution in [-0.4, -0.2) is 25.3 Å². The first-order chi connectivity index (χ1) is 8.85. The molecule has 1 aromatic rings. The summed E-state index contributed by atoms with van der Waals surface area (Å²) in [7, 11) is 3.20. The van der Waals surface area contributed by atoms with Crippen LogP contribution in [0.1, 0.15) is 38.3 Å². The van der Waals surface area contributed by atoms with Gasteiger partial charge in [-0.05, 0) is 23.6 Å². The first kappa shape index (κ1) is 15.3. The van der Waals surface area contributed by atoms with E-state index in [0.717, 1.165) is 23.3 Å². The van der Waals surface area contributed by atoms with Crippen molar-refractivity contribution in [2.75, 3.05) is 14.2 Å². The van der Waals surface area contributed by atoms with E-state index >= 15 is 0 Å². The molecule has 106 valence electrons. The molecule has 0 aliphatic carbocycles. The quantitative estimate of drug-likeness (QED) is 0.860. The van der Waals surface area contributed by atoms with Gasteiger partial charge in [0.2, 0.25) is 0 Å². The Morgan fingerprint density at radius 2 is 1.89 bits per heavy atom. The second-order valence-corrected chi connectivity index (χ2v) is 5.16. The SMILES string of the molecule is CCc1c(OC)cc(OC)cc1C(C)(C)CC(=O)O. The molecule has 0 aromatic heterocycles. The van der Waals surface area contributed by atoms with Gasteiger partial charge in [0.05, 0.1) is 20.6 Å². The van der Waals surface area contributed by atoms with Gasteiger partial charge in [0.1, 0.15) is 11.5 Å². The van der Waals surface area contributed by atoms with Crippen LogP contribution in [0.25, 0.3) is 0 Å². The van der Waals surface area contributed by atoms with Gasteiger partial charge in [0, 0.05) is 11.5 Å². The number of hydrogen-bond donors (Lipinski definition) is 1. The smallest absolute Gasteiger partial charge is 0.304 e. The van der Waals surface area contributed by atoms with E-state index in [-0.39, 0.29) is 6.42 Å². The van der Waals surface area contributed by atoms with E-state index in [0.29, 0.717) is 5.75 Å². The molecule has 0 atom stereocenters. The van der Waals surface area contributed by atoms with Crippen molar-refractivity contribution in [1.29, 1.82) is 0 Å². The molecule has 0 aliphatic rings. The van der Waals surface area contributed by atoms with Gasteiger partial charge in [-0.15, -0.1) is 0 Å². The van der Waals surface area contributed by atoms with Gasteiger partial charge in [0.15, 0.2) is 0 Å². The number of aliphatic carboxylic acids is 1. The van der Waals surface area contributed by atoms with Crippen LogP contribution < -0.4 is 9.47 Å². The Morgan fingerprint density at radius 1 is 1.26 bits per heavy atom. The van der Waals surface area contributed by atoms with Crippen LogP contribution in [0.5, 0.6) is 11.5 Å². The highest BCUT2D eigenvalue weighted by atomic mass is 16.5. The van der Waals surface area contributed by atoms with Gasteiger partial charge in [0.25, 0.3) is 0 Å². The summed E-state index contributed by atoms with van der Waals surface area (Å²) in [5.41, 5.74) is 1.53. The summed E-state index contributed by atoms with van der Waals surface area (Å²) in [5, 5.41) is 9.06. The highest BCUT2D eigenvalue weighted by molar-refractivity contribution is 5.69. The molecular formula is C15H22O4. The normalized spacial score (nSPS) is 11.2. The molecular weight excluding hydrogens is 244 g/mol. The largest absolute Gasteiger partial charge is 0.497 e. The van der Waals surface area contributed by atoms with E-state index in [1.165, 1.54) is 0 Å². The molecule has 4 heteroatoms. The molecule has 0 saturated heterocycles. The molecule has 1 aromatic carbocycles. The number of hydrogen-bond acceptors (Lipinski definition) is 3. The minimum atomic E-state index is -0.811. The molecule has 0 spiro atoms. The third-order valence-corrected chi connectivity index (χ3v) is 3.31. The summed E-state index contributed by atoms with van der Waals surface area (Å²) in [5.74, 6) is 0.617. The van der Waals surface area contributed by atoms with E-state index < -0.39 is 11.4 Å². The van der Waals surface area contributed by atoms with Crippen molar-refractivity contribution in [3.63, 3.8) is 0 Å². The number of carboxylic acids is 1. The summed E-state index contributed by atoms with van der Waals surface area (Å²) in [4.78, 5) is 11.0. The maximum absolute atomic E-state index is 11.0. The average Bonchev–Trinajstić information content (AvgIpc) is 2.35. The summed E-state index contributed by atoms with van der Waals surface area (Å²) < 4.78 is 10.7. The fourth-order valence-electron chi connectivity index (χ4n) is 2.36. The monoisotopic (exact) mass is 266 g/mol. The summed E-state index contributed by atoms with van der Waals surface area (Å²) >= 11 is 0. The van der Waals surface area contributed by atoms with Crippen molar-refractivity contribution >= 4 is 5.97 Å². The molecule has 0 saturated carbocycles. The number of rotatable bonds is 6. The second-order valence-electron chi connectivity index (χ2n) is 5.16. The molecule has 4 nitrogen and oxygen atoms in total. The van der Waals surface area contributed by atoms with Gasteiger partial charge < -0.3 is 14.6 Å². The minimum Gasteiger partial charge on any atom is -0.497 e. The Bertz CT molecular complexity index is 463. The maximum atomic E-state index is 11.0. The molecule has 0 unspecified atom stereocenters. The third kappa shape index (κ3) is 3.40. The number of ether oxygens (including phenoxy) is 2. The van der Waals surface area contributed by atoms with Crippen LogP contribution in [0.4, 0.5) is 0 Å². The number of carboxylic acid groups (broad SMARTS) is 1. The Morgan fingerprint density at radius 3 is 2.32 bits per heavy atom. The zero-order valence-electron chi connectivity index (χ0n) is 12.2. The van der Waals surface area contributed by atoms with Crippen LogP contribution >= 0.6 is 0 Å². The molecule has 0 heterocycles. The van der Waals surface area contributed by atoms with Gasteiger partial charge in [-0.25, -0.2) is 0 Å². The van der Waals surface area contributed by atoms with Crippen molar-refractivity contribution in [3.8, 4) is 11.5 Å². The molecule has 0 radical (unpaired) electrons. The van der Waals surface area contributed by atoms with Crippen molar-refractivity contribution in [2.45, 2.75) is 39.0 Å². The predicted molar refractivity (Wildman–Crippen MR) is 74.2 cm³/mol. The number of methoxy groups -OCH3 is 2. The Labute approximate surface area is 114 Å². The Balaban J connectivity index is 3.42. The van der Waals surface area contributed by atoms with Crippen LogP contribution in [-0.2, 0) is 16.6 Å². The summed E-state index contributed by atoms with van der Waals surface area (Å²) in [6.45, 7) is 5.88. The zero-order valence-corrected chi connectivity index (χ0v) is 12.2. The fraction of sp³-hybridized carbons (Fsp3) is 0.533. The van der Waals surface area contributed by atoms with E-state index in [1.54, 1.807) is 14.2 Å². The van der Waals surface area contributed by atoms with E-state index in [4.69, 9.17) is 14.6 Å². The highest BCUT2D eigenvalue weighted by Crippen LogP contribution is 2.38. The maximum Gasteiger partial charge on any atom is 0.304 e. The topological polar surface area (TPSA) is 55.8 Å². The van der Waals surface area contributed by atoms with Crippen molar-refractivity contribution in [3.05, 3.63) is 23.3 Å². The second kappa shape index (κ2) is 5.95. The first-order valence-electron chi connectivity index (χ1n) is 6.32. The summed E-state index contributed by atoms with van der Waals surface area (Å²) in [6, 6.07) is 3.74. The Kier molecular flexibility index (Phi) is 4.81. The number of benzene rings is 1. The molecule has 0 fully saturated rings. The number of carbonyl (C=O) groups is 1. The first-order valence-corrected chi connectivity index (χ1v) is 6.32.